The first-order valence-corrected chi connectivity index (χ1v) is 9.57. The highest BCUT2D eigenvalue weighted by atomic mass is 32.2. The van der Waals surface area contributed by atoms with E-state index in [1.165, 1.54) is 11.3 Å². The van der Waals surface area contributed by atoms with Gasteiger partial charge in [-0.15, -0.1) is 11.3 Å². The number of nitrogens with zero attached hydrogens (tertiary/aromatic N) is 2. The Morgan fingerprint density at radius 1 is 1.29 bits per heavy atom. The van der Waals surface area contributed by atoms with Gasteiger partial charge in [0.2, 0.25) is 0 Å². The van der Waals surface area contributed by atoms with Crippen molar-refractivity contribution < 1.29 is 9.47 Å². The lowest BCUT2D eigenvalue weighted by Gasteiger charge is -2.22. The highest BCUT2D eigenvalue weighted by Crippen LogP contribution is 2.25. The largest absolute Gasteiger partial charge is 0.355 e. The summed E-state index contributed by atoms with van der Waals surface area (Å²) in [7, 11) is 0. The zero-order valence-electron chi connectivity index (χ0n) is 12.9. The van der Waals surface area contributed by atoms with E-state index in [0.29, 0.717) is 23.9 Å². The summed E-state index contributed by atoms with van der Waals surface area (Å²) in [5.41, 5.74) is 0.807. The predicted octanol–water partition coefficient (Wildman–Crippen LogP) is 3.30. The van der Waals surface area contributed by atoms with Gasteiger partial charge >= 0.3 is 0 Å². The molecule has 0 saturated carbocycles. The van der Waals surface area contributed by atoms with Crippen LogP contribution in [0.5, 0.6) is 0 Å². The van der Waals surface area contributed by atoms with Crippen LogP contribution in [0.25, 0.3) is 15.9 Å². The summed E-state index contributed by atoms with van der Waals surface area (Å²) in [5, 5.41) is 3.27. The molecular weight excluding hydrogens is 344 g/mol. The van der Waals surface area contributed by atoms with Crippen molar-refractivity contribution in [1.29, 1.82) is 0 Å². The molecule has 1 atom stereocenters. The number of rotatable bonds is 4. The van der Waals surface area contributed by atoms with Gasteiger partial charge in [-0.3, -0.25) is 9.36 Å². The zero-order valence-corrected chi connectivity index (χ0v) is 14.5. The third kappa shape index (κ3) is 3.12. The van der Waals surface area contributed by atoms with E-state index in [9.17, 15) is 4.79 Å². The van der Waals surface area contributed by atoms with Crippen LogP contribution in [0.1, 0.15) is 6.42 Å². The van der Waals surface area contributed by atoms with Gasteiger partial charge in [0.25, 0.3) is 5.56 Å². The highest BCUT2D eigenvalue weighted by Gasteiger charge is 2.18. The van der Waals surface area contributed by atoms with Crippen molar-refractivity contribution in [3.8, 4) is 5.69 Å². The summed E-state index contributed by atoms with van der Waals surface area (Å²) in [6.07, 6.45) is 0.994. The highest BCUT2D eigenvalue weighted by molar-refractivity contribution is 7.99. The number of hydrogen-bond acceptors (Lipinski definition) is 6. The molecule has 1 aliphatic rings. The molecule has 0 bridgehead atoms. The minimum atomic E-state index is -0.0251. The van der Waals surface area contributed by atoms with E-state index in [0.717, 1.165) is 22.7 Å². The average Bonchev–Trinajstić information content (AvgIpc) is 3.10. The molecular formula is C17H16N2O3S2. The molecule has 0 aliphatic carbocycles. The first-order valence-electron chi connectivity index (χ1n) is 7.71. The molecule has 0 amide bonds. The SMILES string of the molecule is O=c1c2ccsc2nc(SC[C@@H]2CCOCO2)n1-c1ccccc1. The number of thioether (sulfide) groups is 1. The lowest BCUT2D eigenvalue weighted by Crippen LogP contribution is -2.26. The number of para-hydroxylation sites is 1. The molecule has 5 nitrogen and oxygen atoms in total. The maximum Gasteiger partial charge on any atom is 0.267 e. The number of fused-ring (bicyclic) bond motifs is 1. The summed E-state index contributed by atoms with van der Waals surface area (Å²) in [4.78, 5) is 18.4. The summed E-state index contributed by atoms with van der Waals surface area (Å²) in [6, 6.07) is 11.5. The number of ether oxygens (including phenoxy) is 2. The molecule has 1 aliphatic heterocycles. The first-order chi connectivity index (χ1) is 11.8. The van der Waals surface area contributed by atoms with E-state index in [1.54, 1.807) is 16.3 Å². The molecule has 1 aromatic carbocycles. The van der Waals surface area contributed by atoms with Crippen LogP contribution in [0.3, 0.4) is 0 Å². The normalized spacial score (nSPS) is 18.1. The molecule has 124 valence electrons. The Morgan fingerprint density at radius 3 is 2.96 bits per heavy atom. The van der Waals surface area contributed by atoms with Crippen LogP contribution in [0.15, 0.2) is 51.7 Å². The van der Waals surface area contributed by atoms with Crippen molar-refractivity contribution >= 4 is 33.3 Å². The van der Waals surface area contributed by atoms with Crippen LogP contribution in [-0.4, -0.2) is 34.8 Å². The minimum Gasteiger partial charge on any atom is -0.355 e. The summed E-state index contributed by atoms with van der Waals surface area (Å²) in [5.74, 6) is 0.750. The number of benzene rings is 1. The van der Waals surface area contributed by atoms with E-state index < -0.39 is 0 Å². The standard InChI is InChI=1S/C17H16N2O3S2/c20-16-14-7-9-23-15(14)18-17(19(16)12-4-2-1-3-5-12)24-10-13-6-8-21-11-22-13/h1-5,7,9,13H,6,8,10-11H2/t13-/m0/s1. The Bertz CT molecular complexity index is 886. The van der Waals surface area contributed by atoms with Crippen LogP contribution in [0.4, 0.5) is 0 Å². The molecule has 0 unspecified atom stereocenters. The van der Waals surface area contributed by atoms with Crippen molar-refractivity contribution in [2.75, 3.05) is 19.2 Å². The Labute approximate surface area is 147 Å². The first kappa shape index (κ1) is 15.8. The second-order valence-electron chi connectivity index (χ2n) is 5.42. The molecule has 1 saturated heterocycles. The molecule has 4 rings (SSSR count). The maximum absolute atomic E-state index is 12.9. The fourth-order valence-corrected chi connectivity index (χ4v) is 4.48. The molecule has 0 N–H and O–H groups in total. The lowest BCUT2D eigenvalue weighted by molar-refractivity contribution is -0.130. The van der Waals surface area contributed by atoms with Gasteiger partial charge in [-0.25, -0.2) is 4.98 Å². The number of thiophene rings is 1. The van der Waals surface area contributed by atoms with Gasteiger partial charge in [0, 0.05) is 5.75 Å². The number of hydrogen-bond donors (Lipinski definition) is 0. The number of aromatic nitrogens is 2. The molecule has 2 aromatic heterocycles. The molecule has 1 fully saturated rings. The minimum absolute atomic E-state index is 0.0251. The maximum atomic E-state index is 12.9. The van der Waals surface area contributed by atoms with Crippen molar-refractivity contribution in [1.82, 2.24) is 9.55 Å². The summed E-state index contributed by atoms with van der Waals surface area (Å²) in [6.45, 7) is 1.06. The third-order valence-corrected chi connectivity index (χ3v) is 5.73. The van der Waals surface area contributed by atoms with Gasteiger partial charge in [-0.05, 0) is 30.0 Å². The monoisotopic (exact) mass is 360 g/mol. The van der Waals surface area contributed by atoms with E-state index in [4.69, 9.17) is 14.5 Å². The van der Waals surface area contributed by atoms with Crippen molar-refractivity contribution in [2.45, 2.75) is 17.7 Å². The summed E-state index contributed by atoms with van der Waals surface area (Å²) < 4.78 is 12.5. The quantitative estimate of drug-likeness (QED) is 0.528. The van der Waals surface area contributed by atoms with Crippen molar-refractivity contribution in [2.24, 2.45) is 0 Å². The lowest BCUT2D eigenvalue weighted by atomic mass is 10.3. The predicted molar refractivity (Wildman–Crippen MR) is 96.3 cm³/mol. The van der Waals surface area contributed by atoms with Crippen molar-refractivity contribution in [3.63, 3.8) is 0 Å². The Hall–Kier alpha value is -1.67. The smallest absolute Gasteiger partial charge is 0.267 e. The van der Waals surface area contributed by atoms with Gasteiger partial charge in [0.05, 0.1) is 23.8 Å². The van der Waals surface area contributed by atoms with Crippen LogP contribution in [0.2, 0.25) is 0 Å². The van der Waals surface area contributed by atoms with Crippen LogP contribution in [-0.2, 0) is 9.47 Å². The van der Waals surface area contributed by atoms with Gasteiger partial charge in [0.1, 0.15) is 11.6 Å². The average molecular weight is 360 g/mol. The fraction of sp³-hybridized carbons (Fsp3) is 0.294. The molecule has 3 aromatic rings. The Kier molecular flexibility index (Phi) is 4.66. The zero-order chi connectivity index (χ0) is 16.4. The van der Waals surface area contributed by atoms with E-state index in [2.05, 4.69) is 0 Å². The summed E-state index contributed by atoms with van der Waals surface area (Å²) >= 11 is 3.05. The van der Waals surface area contributed by atoms with E-state index in [1.807, 2.05) is 41.8 Å². The van der Waals surface area contributed by atoms with Crippen LogP contribution < -0.4 is 5.56 Å². The van der Waals surface area contributed by atoms with Gasteiger partial charge < -0.3 is 9.47 Å². The molecule has 0 radical (unpaired) electrons. The van der Waals surface area contributed by atoms with Crippen LogP contribution in [0, 0.1) is 0 Å². The Morgan fingerprint density at radius 2 is 2.17 bits per heavy atom. The van der Waals surface area contributed by atoms with Gasteiger partial charge in [0.15, 0.2) is 5.16 Å². The topological polar surface area (TPSA) is 53.4 Å². The fourth-order valence-electron chi connectivity index (χ4n) is 2.60. The van der Waals surface area contributed by atoms with Gasteiger partial charge in [-0.1, -0.05) is 30.0 Å². The van der Waals surface area contributed by atoms with Crippen molar-refractivity contribution in [3.05, 3.63) is 52.1 Å². The van der Waals surface area contributed by atoms with Crippen LogP contribution >= 0.6 is 23.1 Å². The van der Waals surface area contributed by atoms with Gasteiger partial charge in [-0.2, -0.15) is 0 Å². The van der Waals surface area contributed by atoms with E-state index >= 15 is 0 Å². The molecule has 7 heteroatoms. The Balaban J connectivity index is 1.73. The molecule has 3 heterocycles. The molecule has 24 heavy (non-hydrogen) atoms. The third-order valence-electron chi connectivity index (χ3n) is 3.85. The molecule has 0 spiro atoms. The second-order valence-corrected chi connectivity index (χ2v) is 7.31. The van der Waals surface area contributed by atoms with E-state index in [-0.39, 0.29) is 11.7 Å². The second kappa shape index (κ2) is 7.06.